The highest BCUT2D eigenvalue weighted by atomic mass is 16.5. The normalized spacial score (nSPS) is 11.8. The lowest BCUT2D eigenvalue weighted by molar-refractivity contribution is -0.121. The van der Waals surface area contributed by atoms with Gasteiger partial charge in [-0.2, -0.15) is 0 Å². The van der Waals surface area contributed by atoms with Crippen LogP contribution in [0.5, 0.6) is 5.75 Å². The molecule has 0 unspecified atom stereocenters. The van der Waals surface area contributed by atoms with Crippen LogP contribution in [0.3, 0.4) is 0 Å². The lowest BCUT2D eigenvalue weighted by Crippen LogP contribution is -2.43. The first kappa shape index (κ1) is 20.8. The second kappa shape index (κ2) is 10.6. The Labute approximate surface area is 151 Å². The van der Waals surface area contributed by atoms with E-state index in [9.17, 15) is 4.79 Å². The zero-order valence-corrected chi connectivity index (χ0v) is 16.1. The molecule has 0 fully saturated rings. The van der Waals surface area contributed by atoms with Gasteiger partial charge in [0.2, 0.25) is 5.91 Å². The van der Waals surface area contributed by atoms with E-state index in [4.69, 9.17) is 4.74 Å². The number of nitrogens with zero attached hydrogens (tertiary/aromatic N) is 1. The lowest BCUT2D eigenvalue weighted by atomic mass is 10.1. The summed E-state index contributed by atoms with van der Waals surface area (Å²) < 4.78 is 5.64. The Balaban J connectivity index is 2.55. The zero-order chi connectivity index (χ0) is 18.7. The van der Waals surface area contributed by atoms with E-state index in [0.717, 1.165) is 24.3 Å². The second-order valence-corrected chi connectivity index (χ2v) is 6.71. The van der Waals surface area contributed by atoms with Crippen molar-refractivity contribution in [3.63, 3.8) is 0 Å². The van der Waals surface area contributed by atoms with Crippen LogP contribution in [0, 0.1) is 0 Å². The lowest BCUT2D eigenvalue weighted by Gasteiger charge is -2.20. The van der Waals surface area contributed by atoms with Crippen molar-refractivity contribution in [2.45, 2.75) is 46.6 Å². The van der Waals surface area contributed by atoms with E-state index in [1.807, 2.05) is 52.8 Å². The second-order valence-electron chi connectivity index (χ2n) is 6.71. The fourth-order valence-electron chi connectivity index (χ4n) is 2.27. The van der Waals surface area contributed by atoms with Crippen molar-refractivity contribution >= 4 is 11.9 Å². The highest BCUT2D eigenvalue weighted by Crippen LogP contribution is 2.17. The van der Waals surface area contributed by atoms with Crippen molar-refractivity contribution in [1.82, 2.24) is 16.0 Å². The van der Waals surface area contributed by atoms with E-state index < -0.39 is 0 Å². The molecule has 1 amide bonds. The molecule has 0 bridgehead atoms. The van der Waals surface area contributed by atoms with Gasteiger partial charge in [-0.25, -0.2) is 4.99 Å². The predicted octanol–water partition coefficient (Wildman–Crippen LogP) is 2.10. The minimum atomic E-state index is -0.249. The summed E-state index contributed by atoms with van der Waals surface area (Å²) in [6, 6.07) is 8.03. The maximum Gasteiger partial charge on any atom is 0.242 e. The summed E-state index contributed by atoms with van der Waals surface area (Å²) in [5.41, 5.74) is 0.902. The van der Waals surface area contributed by atoms with Gasteiger partial charge in [-0.3, -0.25) is 4.79 Å². The van der Waals surface area contributed by atoms with Crippen molar-refractivity contribution in [3.8, 4) is 5.75 Å². The first-order valence-electron chi connectivity index (χ1n) is 8.89. The topological polar surface area (TPSA) is 74.8 Å². The molecule has 1 rings (SSSR count). The van der Waals surface area contributed by atoms with Crippen LogP contribution in [0.1, 0.15) is 40.2 Å². The Kier molecular flexibility index (Phi) is 8.81. The summed E-state index contributed by atoms with van der Waals surface area (Å²) in [6.07, 6.45) is 0.814. The number of hydrogen-bond donors (Lipinski definition) is 3. The molecule has 0 saturated carbocycles. The van der Waals surface area contributed by atoms with Crippen molar-refractivity contribution in [1.29, 1.82) is 0 Å². The molecule has 0 spiro atoms. The molecule has 3 N–H and O–H groups in total. The maximum atomic E-state index is 11.9. The molecule has 0 radical (unpaired) electrons. The summed E-state index contributed by atoms with van der Waals surface area (Å²) in [7, 11) is 0. The molecule has 6 nitrogen and oxygen atoms in total. The van der Waals surface area contributed by atoms with Gasteiger partial charge in [-0.1, -0.05) is 18.2 Å². The highest BCUT2D eigenvalue weighted by Gasteiger charge is 2.13. The average Bonchev–Trinajstić information content (AvgIpc) is 2.53. The molecule has 25 heavy (non-hydrogen) atoms. The van der Waals surface area contributed by atoms with Crippen molar-refractivity contribution in [2.24, 2.45) is 4.99 Å². The fourth-order valence-corrected chi connectivity index (χ4v) is 2.27. The molecule has 0 aliphatic heterocycles. The Hall–Kier alpha value is -2.24. The van der Waals surface area contributed by atoms with Crippen molar-refractivity contribution < 1.29 is 9.53 Å². The van der Waals surface area contributed by atoms with E-state index in [1.54, 1.807) is 0 Å². The smallest absolute Gasteiger partial charge is 0.242 e. The van der Waals surface area contributed by atoms with E-state index in [0.29, 0.717) is 19.1 Å². The van der Waals surface area contributed by atoms with Crippen LogP contribution < -0.4 is 20.7 Å². The SMILES string of the molecule is CCNC(=NCC(=O)NC(C)(C)C)NCCc1ccccc1OCC. The van der Waals surface area contributed by atoms with Crippen LogP contribution in [0.4, 0.5) is 0 Å². The number of amides is 1. The Morgan fingerprint density at radius 1 is 1.16 bits per heavy atom. The number of guanidine groups is 1. The summed E-state index contributed by atoms with van der Waals surface area (Å²) in [6.45, 7) is 12.0. The molecule has 0 aliphatic rings. The molecule has 1 aromatic carbocycles. The third-order valence-corrected chi connectivity index (χ3v) is 3.20. The van der Waals surface area contributed by atoms with Gasteiger partial charge in [0.05, 0.1) is 6.61 Å². The van der Waals surface area contributed by atoms with Gasteiger partial charge >= 0.3 is 0 Å². The molecule has 0 aromatic heterocycles. The van der Waals surface area contributed by atoms with Crippen molar-refractivity contribution in [3.05, 3.63) is 29.8 Å². The number of rotatable bonds is 8. The minimum absolute atomic E-state index is 0.0913. The van der Waals surface area contributed by atoms with Crippen LogP contribution in [0.15, 0.2) is 29.3 Å². The highest BCUT2D eigenvalue weighted by molar-refractivity contribution is 5.85. The summed E-state index contributed by atoms with van der Waals surface area (Å²) in [5, 5.41) is 9.32. The molecule has 0 aliphatic carbocycles. The average molecular weight is 348 g/mol. The first-order chi connectivity index (χ1) is 11.9. The first-order valence-corrected chi connectivity index (χ1v) is 8.89. The van der Waals surface area contributed by atoms with Gasteiger partial charge in [0.15, 0.2) is 5.96 Å². The van der Waals surface area contributed by atoms with E-state index in [2.05, 4.69) is 27.0 Å². The molecule has 0 heterocycles. The van der Waals surface area contributed by atoms with E-state index in [-0.39, 0.29) is 18.0 Å². The third kappa shape index (κ3) is 8.98. The molecule has 0 atom stereocenters. The zero-order valence-electron chi connectivity index (χ0n) is 16.1. The quantitative estimate of drug-likeness (QED) is 0.497. The largest absolute Gasteiger partial charge is 0.494 e. The maximum absolute atomic E-state index is 11.9. The Bertz CT molecular complexity index is 565. The monoisotopic (exact) mass is 348 g/mol. The molecular formula is C19H32N4O2. The van der Waals surface area contributed by atoms with Gasteiger partial charge in [-0.05, 0) is 52.7 Å². The third-order valence-electron chi connectivity index (χ3n) is 3.20. The number of carbonyl (C=O) groups excluding carboxylic acids is 1. The van der Waals surface area contributed by atoms with Crippen LogP contribution in [-0.4, -0.2) is 43.6 Å². The number of hydrogen-bond acceptors (Lipinski definition) is 3. The summed E-state index contributed by atoms with van der Waals surface area (Å²) >= 11 is 0. The van der Waals surface area contributed by atoms with E-state index in [1.165, 1.54) is 0 Å². The Morgan fingerprint density at radius 2 is 1.88 bits per heavy atom. The van der Waals surface area contributed by atoms with Crippen LogP contribution >= 0.6 is 0 Å². The number of benzene rings is 1. The number of carbonyl (C=O) groups is 1. The predicted molar refractivity (Wildman–Crippen MR) is 103 cm³/mol. The minimum Gasteiger partial charge on any atom is -0.494 e. The fraction of sp³-hybridized carbons (Fsp3) is 0.579. The Morgan fingerprint density at radius 3 is 2.52 bits per heavy atom. The van der Waals surface area contributed by atoms with Crippen LogP contribution in [-0.2, 0) is 11.2 Å². The number of para-hydroxylation sites is 1. The van der Waals surface area contributed by atoms with Crippen molar-refractivity contribution in [2.75, 3.05) is 26.2 Å². The van der Waals surface area contributed by atoms with Gasteiger partial charge < -0.3 is 20.7 Å². The molecule has 140 valence electrons. The number of aliphatic imine (C=N–C) groups is 1. The van der Waals surface area contributed by atoms with Gasteiger partial charge in [0, 0.05) is 18.6 Å². The summed E-state index contributed by atoms with van der Waals surface area (Å²) in [4.78, 5) is 16.2. The molecule has 0 saturated heterocycles. The standard InChI is InChI=1S/C19H32N4O2/c1-6-20-18(22-14-17(24)23-19(3,4)5)21-13-12-15-10-8-9-11-16(15)25-7-2/h8-11H,6-7,12-14H2,1-5H3,(H,23,24)(H2,20,21,22). The van der Waals surface area contributed by atoms with Gasteiger partial charge in [0.25, 0.3) is 0 Å². The van der Waals surface area contributed by atoms with Gasteiger partial charge in [-0.15, -0.1) is 0 Å². The van der Waals surface area contributed by atoms with Crippen LogP contribution in [0.25, 0.3) is 0 Å². The van der Waals surface area contributed by atoms with E-state index >= 15 is 0 Å². The van der Waals surface area contributed by atoms with Gasteiger partial charge in [0.1, 0.15) is 12.3 Å². The number of ether oxygens (including phenoxy) is 1. The number of nitrogens with one attached hydrogen (secondary N) is 3. The molecule has 6 heteroatoms. The molecular weight excluding hydrogens is 316 g/mol. The molecule has 1 aromatic rings. The van der Waals surface area contributed by atoms with Crippen LogP contribution in [0.2, 0.25) is 0 Å². The summed E-state index contributed by atoms with van der Waals surface area (Å²) in [5.74, 6) is 1.46.